The Morgan fingerprint density at radius 3 is 2.84 bits per heavy atom. The van der Waals surface area contributed by atoms with Crippen LogP contribution in [0.15, 0.2) is 41.0 Å². The molecule has 2 heterocycles. The summed E-state index contributed by atoms with van der Waals surface area (Å²) in [6, 6.07) is 9.34. The molecule has 0 saturated heterocycles. The molecule has 0 spiro atoms. The minimum absolute atomic E-state index is 0.660. The van der Waals surface area contributed by atoms with E-state index in [4.69, 9.17) is 10.5 Å². The molecule has 3 aromatic rings. The minimum Gasteiger partial charge on any atom is -0.497 e. The van der Waals surface area contributed by atoms with E-state index in [-0.39, 0.29) is 0 Å². The average molecular weight is 319 g/mol. The summed E-state index contributed by atoms with van der Waals surface area (Å²) in [6.07, 6.45) is 1.80. The number of nitrogens with two attached hydrogens (primary N) is 1. The average Bonchev–Trinajstić information content (AvgIpc) is 2.82. The molecular formula is C13H11BrN4O. The summed E-state index contributed by atoms with van der Waals surface area (Å²) < 4.78 is 8.02. The molecule has 0 saturated carbocycles. The molecule has 0 aliphatic carbocycles. The lowest BCUT2D eigenvalue weighted by molar-refractivity contribution is 0.415. The monoisotopic (exact) mass is 318 g/mol. The van der Waals surface area contributed by atoms with Crippen molar-refractivity contribution in [2.75, 3.05) is 12.8 Å². The molecule has 0 amide bonds. The summed E-state index contributed by atoms with van der Waals surface area (Å²) in [5.41, 5.74) is 8.12. The van der Waals surface area contributed by atoms with E-state index in [9.17, 15) is 0 Å². The fourth-order valence-corrected chi connectivity index (χ4v) is 2.32. The van der Waals surface area contributed by atoms with Gasteiger partial charge in [-0.3, -0.25) is 4.40 Å². The van der Waals surface area contributed by atoms with Gasteiger partial charge in [-0.2, -0.15) is 0 Å². The van der Waals surface area contributed by atoms with Gasteiger partial charge in [0.05, 0.1) is 7.11 Å². The zero-order valence-corrected chi connectivity index (χ0v) is 11.8. The number of rotatable bonds is 2. The Morgan fingerprint density at radius 1 is 1.21 bits per heavy atom. The van der Waals surface area contributed by atoms with E-state index >= 15 is 0 Å². The Morgan fingerprint density at radius 2 is 2.05 bits per heavy atom. The second-order valence-corrected chi connectivity index (χ2v) is 4.91. The van der Waals surface area contributed by atoms with Crippen molar-refractivity contribution in [3.63, 3.8) is 0 Å². The molecular weight excluding hydrogens is 308 g/mol. The van der Waals surface area contributed by atoms with Crippen LogP contribution in [-0.2, 0) is 0 Å². The molecule has 96 valence electrons. The van der Waals surface area contributed by atoms with Crippen LogP contribution >= 0.6 is 15.9 Å². The van der Waals surface area contributed by atoms with E-state index in [0.717, 1.165) is 21.4 Å². The van der Waals surface area contributed by atoms with Gasteiger partial charge in [0.2, 0.25) is 0 Å². The van der Waals surface area contributed by atoms with Crippen molar-refractivity contribution < 1.29 is 4.74 Å². The van der Waals surface area contributed by atoms with Crippen LogP contribution in [0.1, 0.15) is 0 Å². The smallest absolute Gasteiger partial charge is 0.169 e. The maximum atomic E-state index is 5.81. The zero-order chi connectivity index (χ0) is 13.4. The van der Waals surface area contributed by atoms with Crippen LogP contribution in [-0.4, -0.2) is 21.7 Å². The summed E-state index contributed by atoms with van der Waals surface area (Å²) >= 11 is 3.52. The van der Waals surface area contributed by atoms with Gasteiger partial charge in [-0.05, 0) is 30.3 Å². The van der Waals surface area contributed by atoms with E-state index in [1.807, 2.05) is 28.7 Å². The first-order valence-corrected chi connectivity index (χ1v) is 6.42. The number of fused-ring (bicyclic) bond motifs is 1. The van der Waals surface area contributed by atoms with Crippen molar-refractivity contribution in [2.45, 2.75) is 0 Å². The highest BCUT2D eigenvalue weighted by atomic mass is 79.9. The SMILES string of the molecule is COc1ccc(Br)c(-c2nnc3ccc(N)cn23)c1. The van der Waals surface area contributed by atoms with Crippen LogP contribution in [0.2, 0.25) is 0 Å². The van der Waals surface area contributed by atoms with Crippen LogP contribution in [0.3, 0.4) is 0 Å². The molecule has 6 heteroatoms. The molecule has 5 nitrogen and oxygen atoms in total. The summed E-state index contributed by atoms with van der Waals surface area (Å²) in [5, 5.41) is 8.34. The third-order valence-corrected chi connectivity index (χ3v) is 3.53. The first-order valence-electron chi connectivity index (χ1n) is 5.63. The lowest BCUT2D eigenvalue weighted by atomic mass is 10.2. The topological polar surface area (TPSA) is 65.4 Å². The van der Waals surface area contributed by atoms with Gasteiger partial charge >= 0.3 is 0 Å². The molecule has 1 aromatic carbocycles. The summed E-state index contributed by atoms with van der Waals surface area (Å²) in [7, 11) is 1.63. The zero-order valence-electron chi connectivity index (χ0n) is 10.2. The molecule has 0 radical (unpaired) electrons. The van der Waals surface area contributed by atoms with Crippen molar-refractivity contribution >= 4 is 27.3 Å². The molecule has 0 unspecified atom stereocenters. The number of hydrogen-bond acceptors (Lipinski definition) is 4. The van der Waals surface area contributed by atoms with Crippen LogP contribution in [0.4, 0.5) is 5.69 Å². The molecule has 0 bridgehead atoms. The highest BCUT2D eigenvalue weighted by Crippen LogP contribution is 2.31. The summed E-state index contributed by atoms with van der Waals surface area (Å²) in [6.45, 7) is 0. The first-order chi connectivity index (χ1) is 9.19. The van der Waals surface area contributed by atoms with Gasteiger partial charge in [-0.1, -0.05) is 15.9 Å². The summed E-state index contributed by atoms with van der Waals surface area (Å²) in [5.74, 6) is 1.48. The number of benzene rings is 1. The second kappa shape index (κ2) is 4.55. The Balaban J connectivity index is 2.26. The predicted octanol–water partition coefficient (Wildman–Crippen LogP) is 2.75. The molecule has 0 aliphatic heterocycles. The molecule has 19 heavy (non-hydrogen) atoms. The van der Waals surface area contributed by atoms with E-state index < -0.39 is 0 Å². The maximum absolute atomic E-state index is 5.81. The molecule has 3 rings (SSSR count). The molecule has 0 aliphatic rings. The van der Waals surface area contributed by atoms with E-state index in [2.05, 4.69) is 26.1 Å². The summed E-state index contributed by atoms with van der Waals surface area (Å²) in [4.78, 5) is 0. The van der Waals surface area contributed by atoms with Crippen molar-refractivity contribution in [3.8, 4) is 17.1 Å². The van der Waals surface area contributed by atoms with E-state index in [1.54, 1.807) is 19.4 Å². The minimum atomic E-state index is 0.660. The fraction of sp³-hybridized carbons (Fsp3) is 0.0769. The fourth-order valence-electron chi connectivity index (χ4n) is 1.89. The largest absolute Gasteiger partial charge is 0.497 e. The number of hydrogen-bond donors (Lipinski definition) is 1. The molecule has 0 fully saturated rings. The number of pyridine rings is 1. The number of methoxy groups -OCH3 is 1. The van der Waals surface area contributed by atoms with Crippen LogP contribution in [0.5, 0.6) is 5.75 Å². The van der Waals surface area contributed by atoms with Gasteiger partial charge in [0.25, 0.3) is 0 Å². The number of anilines is 1. The maximum Gasteiger partial charge on any atom is 0.169 e. The number of aromatic nitrogens is 3. The van der Waals surface area contributed by atoms with Crippen LogP contribution in [0, 0.1) is 0 Å². The predicted molar refractivity (Wildman–Crippen MR) is 77.1 cm³/mol. The third-order valence-electron chi connectivity index (χ3n) is 2.84. The van der Waals surface area contributed by atoms with Crippen LogP contribution < -0.4 is 10.5 Å². The number of ether oxygens (including phenoxy) is 1. The standard InChI is InChI=1S/C13H11BrN4O/c1-19-9-3-4-11(14)10(6-9)13-17-16-12-5-2-8(15)7-18(12)13/h2-7H,15H2,1H3. The van der Waals surface area contributed by atoms with Crippen molar-refractivity contribution in [3.05, 3.63) is 41.0 Å². The highest BCUT2D eigenvalue weighted by Gasteiger charge is 2.12. The Bertz CT molecular complexity index is 753. The Hall–Kier alpha value is -2.08. The Kier molecular flexibility index (Phi) is 2.87. The van der Waals surface area contributed by atoms with Crippen molar-refractivity contribution in [1.82, 2.24) is 14.6 Å². The van der Waals surface area contributed by atoms with Gasteiger partial charge in [0, 0.05) is 21.9 Å². The number of nitrogens with zero attached hydrogens (tertiary/aromatic N) is 3. The normalized spacial score (nSPS) is 10.8. The van der Waals surface area contributed by atoms with Gasteiger partial charge in [-0.15, -0.1) is 10.2 Å². The molecule has 0 atom stereocenters. The Labute approximate surface area is 118 Å². The van der Waals surface area contributed by atoms with Gasteiger partial charge in [0.15, 0.2) is 11.5 Å². The van der Waals surface area contributed by atoms with Gasteiger partial charge < -0.3 is 10.5 Å². The second-order valence-electron chi connectivity index (χ2n) is 4.06. The third kappa shape index (κ3) is 2.04. The lowest BCUT2D eigenvalue weighted by Crippen LogP contribution is -1.94. The van der Waals surface area contributed by atoms with E-state index in [1.165, 1.54) is 0 Å². The molecule has 2 N–H and O–H groups in total. The van der Waals surface area contributed by atoms with Crippen molar-refractivity contribution in [1.29, 1.82) is 0 Å². The lowest BCUT2D eigenvalue weighted by Gasteiger charge is -2.06. The number of nitrogen functional groups attached to an aromatic ring is 1. The highest BCUT2D eigenvalue weighted by molar-refractivity contribution is 9.10. The van der Waals surface area contributed by atoms with Crippen molar-refractivity contribution in [2.24, 2.45) is 0 Å². The van der Waals surface area contributed by atoms with Crippen LogP contribution in [0.25, 0.3) is 17.0 Å². The first kappa shape index (κ1) is 12.0. The van der Waals surface area contributed by atoms with Gasteiger partial charge in [-0.25, -0.2) is 0 Å². The number of halogens is 1. The van der Waals surface area contributed by atoms with E-state index in [0.29, 0.717) is 11.5 Å². The quantitative estimate of drug-likeness (QED) is 0.789. The van der Waals surface area contributed by atoms with Gasteiger partial charge in [0.1, 0.15) is 5.75 Å². The molecule has 2 aromatic heterocycles.